The molecule has 3 saturated carbocycles. The molecule has 0 radical (unpaired) electrons. The molecule has 0 bridgehead atoms. The molecule has 8 nitrogen and oxygen atoms in total. The number of fused-ring (bicyclic) bond motifs is 5. The molecule has 0 N–H and O–H groups in total. The Morgan fingerprint density at radius 1 is 1.00 bits per heavy atom. The Kier molecular flexibility index (Phi) is 9.33. The summed E-state index contributed by atoms with van der Waals surface area (Å²) in [5, 5.41) is 0. The largest absolute Gasteiger partial charge is 0.457 e. The van der Waals surface area contributed by atoms with Crippen LogP contribution in [0.15, 0.2) is 23.8 Å². The van der Waals surface area contributed by atoms with Gasteiger partial charge in [0.2, 0.25) is 5.78 Å². The average Bonchev–Trinajstić information content (AvgIpc) is 3.16. The van der Waals surface area contributed by atoms with E-state index in [0.717, 1.165) is 18.4 Å². The van der Waals surface area contributed by atoms with Gasteiger partial charge in [0.25, 0.3) is 0 Å². The molecular formula is C35H50O8. The third-order valence-corrected chi connectivity index (χ3v) is 11.6. The first kappa shape index (κ1) is 33.3. The molecule has 4 aliphatic rings. The second-order valence-corrected chi connectivity index (χ2v) is 14.3. The highest BCUT2D eigenvalue weighted by Gasteiger charge is 2.75. The van der Waals surface area contributed by atoms with Crippen molar-refractivity contribution in [3.63, 3.8) is 0 Å². The highest BCUT2D eigenvalue weighted by atomic mass is 16.6. The second-order valence-electron chi connectivity index (χ2n) is 14.3. The minimum atomic E-state index is -1.51. The monoisotopic (exact) mass is 598 g/mol. The normalized spacial score (nSPS) is 38.1. The highest BCUT2D eigenvalue weighted by molar-refractivity contribution is 6.01. The van der Waals surface area contributed by atoms with Crippen LogP contribution in [0.4, 0.5) is 0 Å². The van der Waals surface area contributed by atoms with Crippen LogP contribution in [0.5, 0.6) is 0 Å². The quantitative estimate of drug-likeness (QED) is 0.276. The maximum absolute atomic E-state index is 14.3. The number of ketones is 3. The Bertz CT molecular complexity index is 1230. The van der Waals surface area contributed by atoms with Gasteiger partial charge in [-0.3, -0.25) is 24.0 Å². The van der Waals surface area contributed by atoms with Crippen LogP contribution in [0.2, 0.25) is 0 Å². The van der Waals surface area contributed by atoms with E-state index >= 15 is 0 Å². The first-order valence-electron chi connectivity index (χ1n) is 16.1. The van der Waals surface area contributed by atoms with Crippen molar-refractivity contribution in [2.24, 2.45) is 39.9 Å². The van der Waals surface area contributed by atoms with Gasteiger partial charge in [0.15, 0.2) is 23.8 Å². The zero-order chi connectivity index (χ0) is 32.0. The van der Waals surface area contributed by atoms with Crippen molar-refractivity contribution in [2.75, 3.05) is 13.2 Å². The van der Waals surface area contributed by atoms with E-state index in [0.29, 0.717) is 19.3 Å². The Morgan fingerprint density at radius 2 is 1.67 bits per heavy atom. The van der Waals surface area contributed by atoms with E-state index < -0.39 is 52.3 Å². The van der Waals surface area contributed by atoms with Gasteiger partial charge in [0.05, 0.1) is 6.10 Å². The number of hydrogen-bond acceptors (Lipinski definition) is 8. The molecule has 8 heteroatoms. The van der Waals surface area contributed by atoms with Crippen LogP contribution in [0.3, 0.4) is 0 Å². The fourth-order valence-electron chi connectivity index (χ4n) is 9.34. The number of ether oxygens (including phenoxy) is 3. The third kappa shape index (κ3) is 5.25. The summed E-state index contributed by atoms with van der Waals surface area (Å²) in [6.07, 6.45) is 8.12. The highest BCUT2D eigenvalue weighted by Crippen LogP contribution is 2.73. The molecule has 0 heterocycles. The van der Waals surface area contributed by atoms with Crippen molar-refractivity contribution in [1.82, 2.24) is 0 Å². The number of allylic oxidation sites excluding steroid dienone is 4. The average molecular weight is 599 g/mol. The number of Topliss-reactive ketones (excluding diaryl/α,β-unsaturated/α-hetero) is 2. The molecule has 43 heavy (non-hydrogen) atoms. The van der Waals surface area contributed by atoms with Crippen molar-refractivity contribution in [1.29, 1.82) is 0 Å². The van der Waals surface area contributed by atoms with E-state index in [9.17, 15) is 24.0 Å². The standard InChI is InChI=1S/C35H50O8/c1-9-30(39)42-20-28(38)35(43-31(40)10-2)22(5)16-27-26-12-11-23-17-24(36)13-14-32(23,6)34(26,8)29(18-33(27,35)7)41-19-25(37)15-21(3)4/h13-14,17,21-22,26-27,29H,9-12,15-16,18-20H2,1-8H3/t22-,26-,27-,29-,32-,33-,34+,35-/m0/s1. The lowest BCUT2D eigenvalue weighted by molar-refractivity contribution is -0.229. The minimum Gasteiger partial charge on any atom is -0.457 e. The van der Waals surface area contributed by atoms with Gasteiger partial charge in [-0.15, -0.1) is 0 Å². The molecule has 0 aromatic rings. The SMILES string of the molecule is CCC(=O)OCC(=O)[C@@]1(OC(=O)CC)[C@@H](C)C[C@H]2[C@@H]3CCC4=CC(=O)C=C[C@]4(C)[C@@]3(C)[C@@H](OCC(=O)CC(C)C)C[C@@]21C. The van der Waals surface area contributed by atoms with Gasteiger partial charge in [-0.05, 0) is 55.6 Å². The lowest BCUT2D eigenvalue weighted by Gasteiger charge is -2.66. The predicted octanol–water partition coefficient (Wildman–Crippen LogP) is 5.76. The van der Waals surface area contributed by atoms with Gasteiger partial charge >= 0.3 is 11.9 Å². The molecule has 0 saturated heterocycles. The summed E-state index contributed by atoms with van der Waals surface area (Å²) < 4.78 is 18.3. The fourth-order valence-corrected chi connectivity index (χ4v) is 9.34. The molecule has 0 unspecified atom stereocenters. The van der Waals surface area contributed by atoms with Gasteiger partial charge < -0.3 is 14.2 Å². The van der Waals surface area contributed by atoms with Crippen LogP contribution in [0.25, 0.3) is 0 Å². The van der Waals surface area contributed by atoms with Crippen molar-refractivity contribution in [3.05, 3.63) is 23.8 Å². The van der Waals surface area contributed by atoms with Crippen LogP contribution < -0.4 is 0 Å². The first-order chi connectivity index (χ1) is 20.1. The Hall–Kier alpha value is -2.61. The summed E-state index contributed by atoms with van der Waals surface area (Å²) in [7, 11) is 0. The van der Waals surface area contributed by atoms with Crippen molar-refractivity contribution >= 4 is 29.3 Å². The molecular weight excluding hydrogens is 548 g/mol. The molecule has 0 amide bonds. The molecule has 238 valence electrons. The molecule has 0 aromatic carbocycles. The van der Waals surface area contributed by atoms with Crippen LogP contribution in [0.1, 0.15) is 100 Å². The molecule has 8 atom stereocenters. The number of esters is 2. The Balaban J connectivity index is 1.85. The van der Waals surface area contributed by atoms with Gasteiger partial charge in [-0.1, -0.05) is 67.0 Å². The zero-order valence-electron chi connectivity index (χ0n) is 27.2. The number of carbonyl (C=O) groups excluding carboxylic acids is 5. The van der Waals surface area contributed by atoms with E-state index in [1.807, 2.05) is 33.8 Å². The minimum absolute atomic E-state index is 0.0135. The maximum atomic E-state index is 14.3. The van der Waals surface area contributed by atoms with E-state index in [1.54, 1.807) is 26.0 Å². The fraction of sp³-hybridized carbons (Fsp3) is 0.743. The summed E-state index contributed by atoms with van der Waals surface area (Å²) in [6.45, 7) is 15.2. The van der Waals surface area contributed by atoms with Crippen molar-refractivity contribution < 1.29 is 38.2 Å². The topological polar surface area (TPSA) is 113 Å². The molecule has 0 spiro atoms. The number of carbonyl (C=O) groups is 5. The number of hydrogen-bond donors (Lipinski definition) is 0. The maximum Gasteiger partial charge on any atom is 0.306 e. The van der Waals surface area contributed by atoms with E-state index in [1.165, 1.54) is 0 Å². The van der Waals surface area contributed by atoms with Crippen LogP contribution in [-0.2, 0) is 38.2 Å². The zero-order valence-corrected chi connectivity index (χ0v) is 27.2. The van der Waals surface area contributed by atoms with Crippen molar-refractivity contribution in [2.45, 2.75) is 112 Å². The molecule has 0 aliphatic heterocycles. The van der Waals surface area contributed by atoms with Crippen LogP contribution in [-0.4, -0.2) is 54.2 Å². The van der Waals surface area contributed by atoms with Crippen LogP contribution in [0, 0.1) is 39.9 Å². The lowest BCUT2D eigenvalue weighted by Crippen LogP contribution is -2.68. The second kappa shape index (κ2) is 12.1. The summed E-state index contributed by atoms with van der Waals surface area (Å²) in [6, 6.07) is 0. The summed E-state index contributed by atoms with van der Waals surface area (Å²) in [5.74, 6) is -1.48. The van der Waals surface area contributed by atoms with E-state index in [-0.39, 0.29) is 54.7 Å². The van der Waals surface area contributed by atoms with Crippen molar-refractivity contribution in [3.8, 4) is 0 Å². The smallest absolute Gasteiger partial charge is 0.306 e. The number of rotatable bonds is 11. The van der Waals surface area contributed by atoms with Gasteiger partial charge in [-0.25, -0.2) is 0 Å². The van der Waals surface area contributed by atoms with Gasteiger partial charge in [0, 0.05) is 41.4 Å². The summed E-state index contributed by atoms with van der Waals surface area (Å²) >= 11 is 0. The Labute approximate surface area is 256 Å². The molecule has 0 aromatic heterocycles. The van der Waals surface area contributed by atoms with Gasteiger partial charge in [0.1, 0.15) is 6.61 Å². The third-order valence-electron chi connectivity index (χ3n) is 11.6. The van der Waals surface area contributed by atoms with Crippen LogP contribution >= 0.6 is 0 Å². The lowest BCUT2D eigenvalue weighted by atomic mass is 9.39. The molecule has 3 fully saturated rings. The van der Waals surface area contributed by atoms with E-state index in [4.69, 9.17) is 14.2 Å². The van der Waals surface area contributed by atoms with E-state index in [2.05, 4.69) is 13.8 Å². The summed E-state index contributed by atoms with van der Waals surface area (Å²) in [4.78, 5) is 64.8. The molecule has 4 aliphatic carbocycles. The first-order valence-corrected chi connectivity index (χ1v) is 16.1. The van der Waals surface area contributed by atoms with Gasteiger partial charge in [-0.2, -0.15) is 0 Å². The predicted molar refractivity (Wildman–Crippen MR) is 161 cm³/mol. The summed E-state index contributed by atoms with van der Waals surface area (Å²) in [5.41, 5.74) is -2.28. The Morgan fingerprint density at radius 3 is 2.30 bits per heavy atom. The molecule has 4 rings (SSSR count).